The molecule has 0 aliphatic heterocycles. The molecular weight excluding hydrogens is 164 g/mol. The van der Waals surface area contributed by atoms with Crippen LogP contribution >= 0.6 is 0 Å². The fraction of sp³-hybridized carbons (Fsp3) is 0.909. The van der Waals surface area contributed by atoms with E-state index in [1.807, 2.05) is 0 Å². The Labute approximate surface area is 81.3 Å². The zero-order valence-electron chi connectivity index (χ0n) is 9.21. The van der Waals surface area contributed by atoms with Crippen LogP contribution in [0.15, 0.2) is 0 Å². The molecule has 0 saturated carbocycles. The van der Waals surface area contributed by atoms with E-state index in [1.165, 1.54) is 6.92 Å². The summed E-state index contributed by atoms with van der Waals surface area (Å²) in [6.07, 6.45) is 1.87. The van der Waals surface area contributed by atoms with E-state index in [0.717, 1.165) is 12.8 Å². The number of hydrogen-bond donors (Lipinski definition) is 1. The normalized spacial score (nSPS) is 17.9. The monoisotopic (exact) mass is 186 g/mol. The van der Waals surface area contributed by atoms with E-state index < -0.39 is 6.10 Å². The Hall–Kier alpha value is -0.370. The van der Waals surface area contributed by atoms with Crippen LogP contribution in [0.2, 0.25) is 0 Å². The Morgan fingerprint density at radius 2 is 1.85 bits per heavy atom. The van der Waals surface area contributed by atoms with Gasteiger partial charge < -0.3 is 5.11 Å². The van der Waals surface area contributed by atoms with Gasteiger partial charge in [-0.2, -0.15) is 0 Å². The van der Waals surface area contributed by atoms with Crippen molar-refractivity contribution in [3.63, 3.8) is 0 Å². The van der Waals surface area contributed by atoms with Crippen LogP contribution in [0, 0.1) is 11.8 Å². The molecule has 13 heavy (non-hydrogen) atoms. The lowest BCUT2D eigenvalue weighted by atomic mass is 9.83. The molecule has 0 rings (SSSR count). The Morgan fingerprint density at radius 3 is 2.15 bits per heavy atom. The third kappa shape index (κ3) is 4.41. The maximum absolute atomic E-state index is 10.8. The third-order valence-electron chi connectivity index (χ3n) is 2.84. The second kappa shape index (κ2) is 6.14. The Kier molecular flexibility index (Phi) is 5.97. The lowest BCUT2D eigenvalue weighted by molar-refractivity contribution is -0.119. The Morgan fingerprint density at radius 1 is 1.31 bits per heavy atom. The minimum atomic E-state index is -0.447. The second-order valence-corrected chi connectivity index (χ2v) is 3.93. The lowest BCUT2D eigenvalue weighted by Gasteiger charge is -2.26. The Bertz CT molecular complexity index is 154. The number of carbonyl (C=O) groups excluding carboxylic acids is 1. The van der Waals surface area contributed by atoms with E-state index in [-0.39, 0.29) is 11.7 Å². The summed E-state index contributed by atoms with van der Waals surface area (Å²) in [6, 6.07) is 0. The van der Waals surface area contributed by atoms with Crippen LogP contribution in [0.1, 0.15) is 47.0 Å². The largest absolute Gasteiger partial charge is 0.392 e. The average Bonchev–Trinajstić information content (AvgIpc) is 2.03. The standard InChI is InChI=1S/C11H22O2/c1-5-8(3)10(6-2)11(13)7-9(4)12/h8,10-11,13H,5-7H2,1-4H3/t8-,10-,11+/m0/s1. The molecule has 0 amide bonds. The van der Waals surface area contributed by atoms with Gasteiger partial charge in [0.15, 0.2) is 0 Å². The van der Waals surface area contributed by atoms with E-state index in [4.69, 9.17) is 0 Å². The summed E-state index contributed by atoms with van der Waals surface area (Å²) >= 11 is 0. The van der Waals surface area contributed by atoms with Crippen molar-refractivity contribution in [2.75, 3.05) is 0 Å². The average molecular weight is 186 g/mol. The molecule has 0 aromatic heterocycles. The highest BCUT2D eigenvalue weighted by atomic mass is 16.3. The predicted molar refractivity (Wildman–Crippen MR) is 54.5 cm³/mol. The molecule has 0 aromatic carbocycles. The molecule has 0 unspecified atom stereocenters. The molecule has 0 radical (unpaired) electrons. The summed E-state index contributed by atoms with van der Waals surface area (Å²) in [5, 5.41) is 9.76. The van der Waals surface area contributed by atoms with Gasteiger partial charge in [-0.1, -0.05) is 33.6 Å². The van der Waals surface area contributed by atoms with E-state index >= 15 is 0 Å². The zero-order chi connectivity index (χ0) is 10.4. The number of hydrogen-bond acceptors (Lipinski definition) is 2. The van der Waals surface area contributed by atoms with Crippen molar-refractivity contribution in [2.45, 2.75) is 53.1 Å². The molecule has 3 atom stereocenters. The van der Waals surface area contributed by atoms with Gasteiger partial charge in [-0.05, 0) is 18.8 Å². The number of ketones is 1. The molecule has 2 nitrogen and oxygen atoms in total. The van der Waals surface area contributed by atoms with Crippen LogP contribution in [0.4, 0.5) is 0 Å². The minimum absolute atomic E-state index is 0.0780. The van der Waals surface area contributed by atoms with Crippen LogP contribution in [-0.4, -0.2) is 17.0 Å². The fourth-order valence-corrected chi connectivity index (χ4v) is 1.80. The molecule has 0 aliphatic rings. The second-order valence-electron chi connectivity index (χ2n) is 3.93. The number of aliphatic hydroxyl groups is 1. The van der Waals surface area contributed by atoms with Gasteiger partial charge in [0.05, 0.1) is 6.10 Å². The summed E-state index contributed by atoms with van der Waals surface area (Å²) < 4.78 is 0. The summed E-state index contributed by atoms with van der Waals surface area (Å²) in [5.41, 5.74) is 0. The summed E-state index contributed by atoms with van der Waals surface area (Å²) in [4.78, 5) is 10.8. The maximum atomic E-state index is 10.8. The van der Waals surface area contributed by atoms with E-state index in [2.05, 4.69) is 20.8 Å². The fourth-order valence-electron chi connectivity index (χ4n) is 1.80. The number of aliphatic hydroxyl groups excluding tert-OH is 1. The first kappa shape index (κ1) is 12.6. The Balaban J connectivity index is 4.13. The molecule has 78 valence electrons. The highest BCUT2D eigenvalue weighted by Gasteiger charge is 2.23. The van der Waals surface area contributed by atoms with Crippen LogP contribution in [0.3, 0.4) is 0 Å². The van der Waals surface area contributed by atoms with Gasteiger partial charge in [0.2, 0.25) is 0 Å². The van der Waals surface area contributed by atoms with Crippen molar-refractivity contribution >= 4 is 5.78 Å². The molecule has 0 saturated heterocycles. The molecule has 0 aliphatic carbocycles. The molecule has 0 aromatic rings. The molecule has 0 spiro atoms. The van der Waals surface area contributed by atoms with Gasteiger partial charge in [0, 0.05) is 6.42 Å². The van der Waals surface area contributed by atoms with Crippen LogP contribution in [-0.2, 0) is 4.79 Å². The van der Waals surface area contributed by atoms with Gasteiger partial charge in [0.1, 0.15) is 5.78 Å². The van der Waals surface area contributed by atoms with Crippen molar-refractivity contribution < 1.29 is 9.90 Å². The highest BCUT2D eigenvalue weighted by molar-refractivity contribution is 5.75. The van der Waals surface area contributed by atoms with Crippen molar-refractivity contribution in [2.24, 2.45) is 11.8 Å². The van der Waals surface area contributed by atoms with Crippen molar-refractivity contribution in [1.82, 2.24) is 0 Å². The topological polar surface area (TPSA) is 37.3 Å². The predicted octanol–water partition coefficient (Wildman–Crippen LogP) is 2.40. The summed E-state index contributed by atoms with van der Waals surface area (Å²) in [5.74, 6) is 0.850. The number of rotatable bonds is 6. The first-order chi connectivity index (χ1) is 6.02. The zero-order valence-corrected chi connectivity index (χ0v) is 9.21. The van der Waals surface area contributed by atoms with Crippen LogP contribution < -0.4 is 0 Å². The van der Waals surface area contributed by atoms with Crippen LogP contribution in [0.25, 0.3) is 0 Å². The van der Waals surface area contributed by atoms with Gasteiger partial charge in [0.25, 0.3) is 0 Å². The quantitative estimate of drug-likeness (QED) is 0.691. The van der Waals surface area contributed by atoms with Crippen molar-refractivity contribution in [1.29, 1.82) is 0 Å². The highest BCUT2D eigenvalue weighted by Crippen LogP contribution is 2.24. The first-order valence-electron chi connectivity index (χ1n) is 5.20. The van der Waals surface area contributed by atoms with Crippen molar-refractivity contribution in [3.8, 4) is 0 Å². The molecule has 0 bridgehead atoms. The van der Waals surface area contributed by atoms with Gasteiger partial charge in [-0.25, -0.2) is 0 Å². The maximum Gasteiger partial charge on any atom is 0.132 e. The third-order valence-corrected chi connectivity index (χ3v) is 2.84. The van der Waals surface area contributed by atoms with E-state index in [0.29, 0.717) is 12.3 Å². The van der Waals surface area contributed by atoms with E-state index in [1.54, 1.807) is 0 Å². The van der Waals surface area contributed by atoms with Crippen molar-refractivity contribution in [3.05, 3.63) is 0 Å². The van der Waals surface area contributed by atoms with E-state index in [9.17, 15) is 9.90 Å². The summed E-state index contributed by atoms with van der Waals surface area (Å²) in [7, 11) is 0. The van der Waals surface area contributed by atoms with Gasteiger partial charge >= 0.3 is 0 Å². The van der Waals surface area contributed by atoms with Crippen LogP contribution in [0.5, 0.6) is 0 Å². The van der Waals surface area contributed by atoms with Gasteiger partial charge in [-0.15, -0.1) is 0 Å². The number of Topliss-reactive ketones (excluding diaryl/α,β-unsaturated/α-hetero) is 1. The molecular formula is C11H22O2. The minimum Gasteiger partial charge on any atom is -0.392 e. The van der Waals surface area contributed by atoms with Gasteiger partial charge in [-0.3, -0.25) is 4.79 Å². The smallest absolute Gasteiger partial charge is 0.132 e. The molecule has 2 heteroatoms. The molecule has 0 heterocycles. The number of carbonyl (C=O) groups is 1. The molecule has 0 fully saturated rings. The summed E-state index contributed by atoms with van der Waals surface area (Å²) in [6.45, 7) is 7.86. The first-order valence-corrected chi connectivity index (χ1v) is 5.20. The molecule has 1 N–H and O–H groups in total. The SMILES string of the molecule is CC[C@H]([C@H](O)CC(C)=O)[C@@H](C)CC. The lowest BCUT2D eigenvalue weighted by Crippen LogP contribution is -2.27.